The van der Waals surface area contributed by atoms with Gasteiger partial charge in [0.05, 0.1) is 6.07 Å². The molecule has 1 aliphatic rings. The van der Waals surface area contributed by atoms with Gasteiger partial charge in [-0.3, -0.25) is 5.32 Å². The Morgan fingerprint density at radius 2 is 1.80 bits per heavy atom. The Balaban J connectivity index is 2.18. The first-order chi connectivity index (χ1) is 16.5. The van der Waals surface area contributed by atoms with Gasteiger partial charge in [-0.25, -0.2) is 9.59 Å². The zero-order chi connectivity index (χ0) is 25.8. The van der Waals surface area contributed by atoms with Crippen LogP contribution in [0.5, 0.6) is 0 Å². The number of carbonyl (C=O) groups is 2. The maximum absolute atomic E-state index is 13.0. The third-order valence-electron chi connectivity index (χ3n) is 6.24. The van der Waals surface area contributed by atoms with Gasteiger partial charge in [-0.05, 0) is 41.8 Å². The Kier molecular flexibility index (Phi) is 8.47. The summed E-state index contributed by atoms with van der Waals surface area (Å²) in [6.07, 6.45) is -2.43. The van der Waals surface area contributed by atoms with Crippen LogP contribution in [0.2, 0.25) is 10.0 Å². The summed E-state index contributed by atoms with van der Waals surface area (Å²) in [6.45, 7) is 2.01. The molecule has 0 radical (unpaired) electrons. The van der Waals surface area contributed by atoms with Crippen LogP contribution in [0.4, 0.5) is 13.2 Å². The van der Waals surface area contributed by atoms with Gasteiger partial charge in [-0.15, -0.1) is 0 Å². The van der Waals surface area contributed by atoms with Crippen molar-refractivity contribution in [3.05, 3.63) is 69.7 Å². The molecule has 0 saturated carbocycles. The smallest absolute Gasteiger partial charge is 0.385 e. The molecule has 35 heavy (non-hydrogen) atoms. The second-order valence-corrected chi connectivity index (χ2v) is 9.29. The number of unbranched alkanes of at least 4 members (excludes halogenated alkanes) is 2. The van der Waals surface area contributed by atoms with Gasteiger partial charge in [0.25, 0.3) is 0 Å². The lowest BCUT2D eigenvalue weighted by Crippen LogP contribution is -2.42. The first-order valence-corrected chi connectivity index (χ1v) is 11.8. The van der Waals surface area contributed by atoms with E-state index in [0.29, 0.717) is 34.0 Å². The first kappa shape index (κ1) is 27.0. The van der Waals surface area contributed by atoms with Gasteiger partial charge in [0.2, 0.25) is 0 Å². The first-order valence-electron chi connectivity index (χ1n) is 11.1. The molecule has 1 heterocycles. The molecule has 186 valence electrons. The summed E-state index contributed by atoms with van der Waals surface area (Å²) in [5.41, 5.74) is -0.421. The lowest BCUT2D eigenvalue weighted by molar-refractivity contribution is -0.202. The van der Waals surface area contributed by atoms with E-state index in [2.05, 4.69) is 16.1 Å². The van der Waals surface area contributed by atoms with Crippen molar-refractivity contribution in [3.8, 4) is 6.07 Å². The Morgan fingerprint density at radius 1 is 1.11 bits per heavy atom. The molecule has 2 aromatic rings. The molecule has 5 nitrogen and oxygen atoms in total. The molecule has 1 aliphatic heterocycles. The Hall–Kier alpha value is -2.60. The number of nitriles is 1. The number of nitrogens with zero attached hydrogens (tertiary/aromatic N) is 1. The molecule has 0 bridgehead atoms. The van der Waals surface area contributed by atoms with Gasteiger partial charge in [0.15, 0.2) is 0 Å². The molecule has 10 heteroatoms. The number of esters is 2. The van der Waals surface area contributed by atoms with E-state index >= 15 is 0 Å². The quantitative estimate of drug-likeness (QED) is 0.268. The van der Waals surface area contributed by atoms with Crippen LogP contribution in [0, 0.1) is 11.3 Å². The van der Waals surface area contributed by atoms with Crippen LogP contribution in [0.15, 0.2) is 48.5 Å². The highest BCUT2D eigenvalue weighted by atomic mass is 35.5. The minimum Gasteiger partial charge on any atom is -0.385 e. The number of alkyl halides is 3. The Labute approximate surface area is 211 Å². The van der Waals surface area contributed by atoms with Crippen molar-refractivity contribution in [3.63, 3.8) is 0 Å². The van der Waals surface area contributed by atoms with Gasteiger partial charge < -0.3 is 4.74 Å². The predicted octanol–water partition coefficient (Wildman–Crippen LogP) is 6.09. The summed E-state index contributed by atoms with van der Waals surface area (Å²) < 4.78 is 42.7. The highest BCUT2D eigenvalue weighted by molar-refractivity contribution is 6.30. The topological polar surface area (TPSA) is 79.2 Å². The zero-order valence-corrected chi connectivity index (χ0v) is 20.3. The number of halogens is 5. The van der Waals surface area contributed by atoms with E-state index in [1.54, 1.807) is 48.5 Å². The molecule has 0 amide bonds. The number of benzene rings is 2. The summed E-state index contributed by atoms with van der Waals surface area (Å²) in [6, 6.07) is 13.2. The molecule has 0 aliphatic carbocycles. The minimum atomic E-state index is -5.34. The maximum Gasteiger partial charge on any atom is 0.491 e. The van der Waals surface area contributed by atoms with Crippen LogP contribution in [-0.2, 0) is 19.7 Å². The maximum atomic E-state index is 13.0. The van der Waals surface area contributed by atoms with Crippen molar-refractivity contribution in [2.75, 3.05) is 0 Å². The second kappa shape index (κ2) is 11.0. The SMILES string of the molecule is CCCCC[C@H]1N[C@@H](C(=O)OC(=O)C(F)(F)F)[C@H](c2cccc(Cl)c2)[C@@]1(C#N)c1ccc(Cl)cc1. The normalized spacial score (nSPS) is 24.1. The molecule has 1 saturated heterocycles. The average molecular weight is 527 g/mol. The van der Waals surface area contributed by atoms with E-state index in [4.69, 9.17) is 23.2 Å². The van der Waals surface area contributed by atoms with Gasteiger partial charge in [0, 0.05) is 22.0 Å². The van der Waals surface area contributed by atoms with Gasteiger partial charge in [-0.2, -0.15) is 18.4 Å². The zero-order valence-electron chi connectivity index (χ0n) is 18.7. The van der Waals surface area contributed by atoms with E-state index < -0.39 is 41.5 Å². The van der Waals surface area contributed by atoms with Crippen LogP contribution >= 0.6 is 23.2 Å². The number of nitrogens with one attached hydrogen (secondary N) is 1. The highest BCUT2D eigenvalue weighted by Crippen LogP contribution is 2.50. The van der Waals surface area contributed by atoms with Crippen LogP contribution in [-0.4, -0.2) is 30.2 Å². The number of carbonyl (C=O) groups excluding carboxylic acids is 2. The molecule has 3 rings (SSSR count). The van der Waals surface area contributed by atoms with Crippen molar-refractivity contribution in [2.45, 2.75) is 62.2 Å². The van der Waals surface area contributed by atoms with Gasteiger partial charge in [-0.1, -0.05) is 73.7 Å². The lowest BCUT2D eigenvalue weighted by atomic mass is 9.64. The van der Waals surface area contributed by atoms with E-state index in [0.717, 1.165) is 12.8 Å². The molecule has 0 unspecified atom stereocenters. The molecular formula is C25H23Cl2F3N2O3. The van der Waals surface area contributed by atoms with Crippen LogP contribution < -0.4 is 5.32 Å². The van der Waals surface area contributed by atoms with Crippen molar-refractivity contribution >= 4 is 35.1 Å². The van der Waals surface area contributed by atoms with E-state index in [9.17, 15) is 28.0 Å². The number of ether oxygens (including phenoxy) is 1. The molecule has 2 aromatic carbocycles. The number of hydrogen-bond acceptors (Lipinski definition) is 5. The standard InChI is InChI=1S/C25H23Cl2F3N2O3/c1-2-3-4-8-19-24(14-31,16-9-11-17(26)12-10-16)20(15-6-5-7-18(27)13-15)21(32-19)22(33)35-23(34)25(28,29)30/h5-7,9-13,19-21,32H,2-4,8H2,1H3/t19-,20+,21-,24+/m1/s1. The monoisotopic (exact) mass is 526 g/mol. The van der Waals surface area contributed by atoms with Crippen LogP contribution in [0.3, 0.4) is 0 Å². The van der Waals surface area contributed by atoms with Crippen LogP contribution in [0.25, 0.3) is 0 Å². The van der Waals surface area contributed by atoms with Crippen molar-refractivity contribution in [1.82, 2.24) is 5.32 Å². The largest absolute Gasteiger partial charge is 0.491 e. The number of rotatable bonds is 7. The van der Waals surface area contributed by atoms with E-state index in [-0.39, 0.29) is 0 Å². The summed E-state index contributed by atoms with van der Waals surface area (Å²) in [5.74, 6) is -5.03. The fourth-order valence-electron chi connectivity index (χ4n) is 4.72. The summed E-state index contributed by atoms with van der Waals surface area (Å²) >= 11 is 12.3. The van der Waals surface area contributed by atoms with Crippen molar-refractivity contribution < 1.29 is 27.5 Å². The fraction of sp³-hybridized carbons (Fsp3) is 0.400. The third-order valence-corrected chi connectivity index (χ3v) is 6.73. The predicted molar refractivity (Wildman–Crippen MR) is 125 cm³/mol. The van der Waals surface area contributed by atoms with Crippen LogP contribution in [0.1, 0.15) is 49.7 Å². The summed E-state index contributed by atoms with van der Waals surface area (Å²) in [7, 11) is 0. The Morgan fingerprint density at radius 3 is 2.37 bits per heavy atom. The molecular weight excluding hydrogens is 504 g/mol. The molecule has 0 aromatic heterocycles. The van der Waals surface area contributed by atoms with Crippen molar-refractivity contribution in [1.29, 1.82) is 5.26 Å². The van der Waals surface area contributed by atoms with E-state index in [1.807, 2.05) is 6.92 Å². The minimum absolute atomic E-state index is 0.318. The summed E-state index contributed by atoms with van der Waals surface area (Å²) in [4.78, 5) is 24.4. The Bertz CT molecular complexity index is 1120. The van der Waals surface area contributed by atoms with E-state index in [1.165, 1.54) is 0 Å². The van der Waals surface area contributed by atoms with Gasteiger partial charge >= 0.3 is 18.1 Å². The highest BCUT2D eigenvalue weighted by Gasteiger charge is 2.60. The molecule has 4 atom stereocenters. The van der Waals surface area contributed by atoms with Crippen molar-refractivity contribution in [2.24, 2.45) is 0 Å². The average Bonchev–Trinajstić information content (AvgIpc) is 3.14. The summed E-state index contributed by atoms with van der Waals surface area (Å²) in [5, 5.41) is 14.4. The lowest BCUT2D eigenvalue weighted by Gasteiger charge is -2.35. The van der Waals surface area contributed by atoms with Gasteiger partial charge in [0.1, 0.15) is 11.5 Å². The molecule has 0 spiro atoms. The second-order valence-electron chi connectivity index (χ2n) is 8.42. The third kappa shape index (κ3) is 5.64. The number of hydrogen-bond donors (Lipinski definition) is 1. The molecule has 1 N–H and O–H groups in total. The molecule has 1 fully saturated rings. The fourth-order valence-corrected chi connectivity index (χ4v) is 5.05.